The second-order valence-electron chi connectivity index (χ2n) is 4.00. The van der Waals surface area contributed by atoms with Crippen molar-refractivity contribution in [2.24, 2.45) is 5.92 Å². The number of carbonyl (C=O) groups excluding carboxylic acids is 1. The summed E-state index contributed by atoms with van der Waals surface area (Å²) >= 11 is 0. The maximum absolute atomic E-state index is 11.9. The monoisotopic (exact) mass is 205 g/mol. The van der Waals surface area contributed by atoms with Crippen LogP contribution in [-0.2, 0) is 4.79 Å². The highest BCUT2D eigenvalue weighted by molar-refractivity contribution is 5.79. The lowest BCUT2D eigenvalue weighted by molar-refractivity contribution is -0.132. The maximum Gasteiger partial charge on any atom is 0.315 e. The van der Waals surface area contributed by atoms with E-state index >= 15 is 0 Å². The van der Waals surface area contributed by atoms with E-state index in [9.17, 15) is 13.6 Å². The molecule has 1 rings (SSSR count). The Kier molecular flexibility index (Phi) is 4.29. The van der Waals surface area contributed by atoms with E-state index in [1.807, 2.05) is 6.92 Å². The second kappa shape index (κ2) is 5.27. The van der Waals surface area contributed by atoms with Crippen molar-refractivity contribution in [1.29, 1.82) is 0 Å². The van der Waals surface area contributed by atoms with Gasteiger partial charge in [0.05, 0.1) is 0 Å². The van der Waals surface area contributed by atoms with Gasteiger partial charge >= 0.3 is 6.43 Å². The molecule has 4 heteroatoms. The topological polar surface area (TPSA) is 29.1 Å². The summed E-state index contributed by atoms with van der Waals surface area (Å²) in [6.45, 7) is 1.82. The zero-order valence-electron chi connectivity index (χ0n) is 8.43. The number of hydrogen-bond acceptors (Lipinski definition) is 1. The van der Waals surface area contributed by atoms with Gasteiger partial charge in [0.15, 0.2) is 0 Å². The Labute approximate surface area is 83.1 Å². The molecule has 1 N–H and O–H groups in total. The lowest BCUT2D eigenvalue weighted by Crippen LogP contribution is -2.41. The van der Waals surface area contributed by atoms with Gasteiger partial charge < -0.3 is 5.32 Å². The average molecular weight is 205 g/mol. The molecule has 0 saturated heterocycles. The van der Waals surface area contributed by atoms with E-state index in [2.05, 4.69) is 5.32 Å². The molecule has 0 radical (unpaired) electrons. The summed E-state index contributed by atoms with van der Waals surface area (Å²) < 4.78 is 23.9. The first-order valence-electron chi connectivity index (χ1n) is 5.20. The van der Waals surface area contributed by atoms with Crippen LogP contribution in [-0.4, -0.2) is 18.4 Å². The highest BCUT2D eigenvalue weighted by Crippen LogP contribution is 2.26. The van der Waals surface area contributed by atoms with Crippen molar-refractivity contribution in [3.05, 3.63) is 0 Å². The summed E-state index contributed by atoms with van der Waals surface area (Å²) in [5.74, 6) is -0.755. The van der Waals surface area contributed by atoms with E-state index in [0.29, 0.717) is 5.92 Å². The number of alkyl halides is 2. The van der Waals surface area contributed by atoms with Gasteiger partial charge in [0, 0.05) is 6.04 Å². The lowest BCUT2D eigenvalue weighted by atomic mass is 9.84. The Bertz CT molecular complexity index is 191. The Hall–Kier alpha value is -0.670. The van der Waals surface area contributed by atoms with Crippen LogP contribution in [0.25, 0.3) is 0 Å². The fraction of sp³-hybridized carbons (Fsp3) is 0.900. The normalized spacial score (nSPS) is 20.9. The zero-order chi connectivity index (χ0) is 10.6. The van der Waals surface area contributed by atoms with Gasteiger partial charge in [-0.05, 0) is 25.7 Å². The number of rotatable bonds is 3. The maximum atomic E-state index is 11.9. The third-order valence-corrected chi connectivity index (χ3v) is 2.93. The third kappa shape index (κ3) is 3.24. The van der Waals surface area contributed by atoms with E-state index in [1.54, 1.807) is 0 Å². The summed E-state index contributed by atoms with van der Waals surface area (Å²) in [5.41, 5.74) is 0. The number of carbonyl (C=O) groups is 1. The van der Waals surface area contributed by atoms with Crippen molar-refractivity contribution in [3.8, 4) is 0 Å². The molecule has 1 amide bonds. The van der Waals surface area contributed by atoms with Crippen LogP contribution in [0.3, 0.4) is 0 Å². The van der Waals surface area contributed by atoms with Gasteiger partial charge in [0.2, 0.25) is 0 Å². The molecule has 0 bridgehead atoms. The molecule has 1 atom stereocenters. The van der Waals surface area contributed by atoms with Gasteiger partial charge in [-0.25, -0.2) is 0 Å². The van der Waals surface area contributed by atoms with E-state index in [1.165, 1.54) is 6.42 Å². The van der Waals surface area contributed by atoms with Crippen LogP contribution >= 0.6 is 0 Å². The molecule has 0 spiro atoms. The fourth-order valence-electron chi connectivity index (χ4n) is 2.04. The number of hydrogen-bond donors (Lipinski definition) is 1. The van der Waals surface area contributed by atoms with Crippen LogP contribution in [0.15, 0.2) is 0 Å². The van der Waals surface area contributed by atoms with Gasteiger partial charge in [-0.3, -0.25) is 4.79 Å². The Morgan fingerprint density at radius 2 is 1.86 bits per heavy atom. The molecule has 0 aromatic carbocycles. The summed E-state index contributed by atoms with van der Waals surface area (Å²) in [6, 6.07) is -0.114. The van der Waals surface area contributed by atoms with Crippen LogP contribution in [0.2, 0.25) is 0 Å². The van der Waals surface area contributed by atoms with Gasteiger partial charge in [-0.2, -0.15) is 8.78 Å². The van der Waals surface area contributed by atoms with Crippen LogP contribution in [0.1, 0.15) is 39.0 Å². The molecule has 1 saturated carbocycles. The molecule has 2 nitrogen and oxygen atoms in total. The first-order valence-corrected chi connectivity index (χ1v) is 5.20. The van der Waals surface area contributed by atoms with Gasteiger partial charge in [-0.15, -0.1) is 0 Å². The highest BCUT2D eigenvalue weighted by Gasteiger charge is 2.24. The molecule has 0 aromatic rings. The molecule has 1 aliphatic rings. The minimum Gasteiger partial charge on any atom is -0.348 e. The van der Waals surface area contributed by atoms with E-state index in [-0.39, 0.29) is 6.04 Å². The molecule has 0 unspecified atom stereocenters. The number of amides is 1. The van der Waals surface area contributed by atoms with Crippen LogP contribution in [0.4, 0.5) is 8.78 Å². The minimum absolute atomic E-state index is 0.114. The van der Waals surface area contributed by atoms with Crippen molar-refractivity contribution in [2.75, 3.05) is 0 Å². The molecule has 0 heterocycles. The molecule has 14 heavy (non-hydrogen) atoms. The van der Waals surface area contributed by atoms with Crippen molar-refractivity contribution in [2.45, 2.75) is 51.5 Å². The Balaban J connectivity index is 2.32. The molecular formula is C10H17F2NO. The second-order valence-corrected chi connectivity index (χ2v) is 4.00. The minimum atomic E-state index is -2.89. The highest BCUT2D eigenvalue weighted by atomic mass is 19.3. The number of halogens is 2. The molecule has 1 fully saturated rings. The third-order valence-electron chi connectivity index (χ3n) is 2.93. The van der Waals surface area contributed by atoms with Crippen molar-refractivity contribution in [3.63, 3.8) is 0 Å². The smallest absolute Gasteiger partial charge is 0.315 e. The quantitative estimate of drug-likeness (QED) is 0.752. The average Bonchev–Trinajstić information content (AvgIpc) is 2.19. The fourth-order valence-corrected chi connectivity index (χ4v) is 2.04. The molecule has 82 valence electrons. The van der Waals surface area contributed by atoms with Gasteiger partial charge in [0.1, 0.15) is 0 Å². The van der Waals surface area contributed by atoms with Crippen LogP contribution in [0.5, 0.6) is 0 Å². The molecule has 0 aromatic heterocycles. The predicted octanol–water partition coefficient (Wildman–Crippen LogP) is 2.34. The van der Waals surface area contributed by atoms with E-state index in [4.69, 9.17) is 0 Å². The standard InChI is InChI=1S/C10H17F2NO/c1-7(13-10(14)9(11)12)8-5-3-2-4-6-8/h7-9H,2-6H2,1H3,(H,13,14)/t7-/m1/s1. The molecule has 1 aliphatic carbocycles. The first kappa shape index (κ1) is 11.4. The summed E-state index contributed by atoms with van der Waals surface area (Å²) in [6.07, 6.45) is 2.74. The van der Waals surface area contributed by atoms with Gasteiger partial charge in [-0.1, -0.05) is 19.3 Å². The first-order chi connectivity index (χ1) is 6.61. The van der Waals surface area contributed by atoms with Crippen molar-refractivity contribution in [1.82, 2.24) is 5.32 Å². The van der Waals surface area contributed by atoms with Crippen LogP contribution < -0.4 is 5.32 Å². The van der Waals surface area contributed by atoms with Crippen molar-refractivity contribution >= 4 is 5.91 Å². The Morgan fingerprint density at radius 1 is 1.29 bits per heavy atom. The summed E-state index contributed by atoms with van der Waals surface area (Å²) in [5, 5.41) is 2.36. The predicted molar refractivity (Wildman–Crippen MR) is 50.2 cm³/mol. The largest absolute Gasteiger partial charge is 0.348 e. The lowest BCUT2D eigenvalue weighted by Gasteiger charge is -2.28. The van der Waals surface area contributed by atoms with Crippen LogP contribution in [0, 0.1) is 5.92 Å². The molecule has 0 aliphatic heterocycles. The van der Waals surface area contributed by atoms with E-state index < -0.39 is 12.3 Å². The zero-order valence-corrected chi connectivity index (χ0v) is 8.43. The molecular weight excluding hydrogens is 188 g/mol. The summed E-state index contributed by atoms with van der Waals surface area (Å²) in [7, 11) is 0. The van der Waals surface area contributed by atoms with Gasteiger partial charge in [0.25, 0.3) is 5.91 Å². The SMILES string of the molecule is C[C@@H](NC(=O)C(F)F)C1CCCCC1. The Morgan fingerprint density at radius 3 is 2.36 bits per heavy atom. The number of nitrogens with one attached hydrogen (secondary N) is 1. The van der Waals surface area contributed by atoms with Crippen molar-refractivity contribution < 1.29 is 13.6 Å². The summed E-state index contributed by atoms with van der Waals surface area (Å²) in [4.78, 5) is 10.7. The van der Waals surface area contributed by atoms with E-state index in [0.717, 1.165) is 25.7 Å².